The highest BCUT2D eigenvalue weighted by Crippen LogP contribution is 2.22. The third-order valence-electron chi connectivity index (χ3n) is 5.26. The molecule has 6 heteroatoms. The number of carbonyl (C=O) groups is 1. The topological polar surface area (TPSA) is 62.2 Å². The molecule has 2 aromatic carbocycles. The number of aromatic amines is 1. The minimum Gasteiger partial charge on any atom is -0.347 e. The molecule has 0 radical (unpaired) electrons. The lowest BCUT2D eigenvalue weighted by molar-refractivity contribution is -0.898. The zero-order valence-corrected chi connectivity index (χ0v) is 15.9. The number of amides is 1. The van der Waals surface area contributed by atoms with Gasteiger partial charge in [-0.2, -0.15) is 0 Å². The van der Waals surface area contributed by atoms with Gasteiger partial charge in [-0.1, -0.05) is 41.9 Å². The first-order chi connectivity index (χ1) is 13.2. The minimum absolute atomic E-state index is 0.0650. The maximum Gasteiger partial charge on any atom is 0.275 e. The standard InChI is InChI=1S/C21H23ClN4O/c22-17-8-2-1-6-15(17)12-23-20(27)14-26-11-5-7-16(13-26)21-24-18-9-3-4-10-19(18)25-21/h1-4,6,8-10,16H,5,7,11-14H2,(H,23,27)(H,24,25)/p+1/t16-/m1/s1. The third kappa shape index (κ3) is 4.31. The van der Waals surface area contributed by atoms with E-state index in [-0.39, 0.29) is 5.91 Å². The number of quaternary nitrogens is 1. The Bertz CT molecular complexity index is 906. The Labute approximate surface area is 163 Å². The molecular formula is C21H24ClN4O+. The molecule has 2 atom stereocenters. The Hall–Kier alpha value is -2.37. The number of aromatic nitrogens is 2. The van der Waals surface area contributed by atoms with E-state index in [0.29, 0.717) is 24.0 Å². The summed E-state index contributed by atoms with van der Waals surface area (Å²) in [6, 6.07) is 15.7. The van der Waals surface area contributed by atoms with E-state index in [9.17, 15) is 4.79 Å². The number of carbonyl (C=O) groups excluding carboxylic acids is 1. The molecule has 1 saturated heterocycles. The summed E-state index contributed by atoms with van der Waals surface area (Å²) < 4.78 is 0. The number of likely N-dealkylation sites (tertiary alicyclic amines) is 1. The van der Waals surface area contributed by atoms with Crippen molar-refractivity contribution in [1.29, 1.82) is 0 Å². The van der Waals surface area contributed by atoms with Crippen molar-refractivity contribution < 1.29 is 9.69 Å². The highest BCUT2D eigenvalue weighted by molar-refractivity contribution is 6.31. The molecule has 140 valence electrons. The molecule has 1 amide bonds. The lowest BCUT2D eigenvalue weighted by atomic mass is 9.97. The van der Waals surface area contributed by atoms with Crippen molar-refractivity contribution in [2.45, 2.75) is 25.3 Å². The molecule has 0 saturated carbocycles. The van der Waals surface area contributed by atoms with Crippen LogP contribution in [-0.2, 0) is 11.3 Å². The van der Waals surface area contributed by atoms with Crippen LogP contribution in [0.3, 0.4) is 0 Å². The number of para-hydroxylation sites is 2. The second-order valence-corrected chi connectivity index (χ2v) is 7.63. The molecule has 27 heavy (non-hydrogen) atoms. The number of nitrogens with zero attached hydrogens (tertiary/aromatic N) is 1. The van der Waals surface area contributed by atoms with Crippen LogP contribution in [-0.4, -0.2) is 35.5 Å². The van der Waals surface area contributed by atoms with E-state index in [1.165, 1.54) is 4.90 Å². The number of imidazole rings is 1. The molecule has 0 spiro atoms. The number of piperidine rings is 1. The fourth-order valence-electron chi connectivity index (χ4n) is 3.84. The van der Waals surface area contributed by atoms with Gasteiger partial charge in [-0.15, -0.1) is 0 Å². The SMILES string of the molecule is O=C(C[NH+]1CCC[C@@H](c2nc3ccccc3[nH]2)C1)NCc1ccccc1Cl. The molecule has 4 rings (SSSR count). The lowest BCUT2D eigenvalue weighted by Crippen LogP contribution is -3.14. The highest BCUT2D eigenvalue weighted by atomic mass is 35.5. The van der Waals surface area contributed by atoms with Crippen molar-refractivity contribution in [3.8, 4) is 0 Å². The number of hydrogen-bond acceptors (Lipinski definition) is 2. The van der Waals surface area contributed by atoms with Crippen LogP contribution >= 0.6 is 11.6 Å². The molecule has 0 bridgehead atoms. The van der Waals surface area contributed by atoms with Crippen LogP contribution in [0.1, 0.15) is 30.1 Å². The zero-order valence-electron chi connectivity index (χ0n) is 15.2. The Morgan fingerprint density at radius 2 is 2.04 bits per heavy atom. The first kappa shape index (κ1) is 18.0. The molecule has 1 aliphatic heterocycles. The van der Waals surface area contributed by atoms with Gasteiger partial charge in [0.15, 0.2) is 6.54 Å². The maximum atomic E-state index is 12.4. The van der Waals surface area contributed by atoms with Crippen LogP contribution in [0.2, 0.25) is 5.02 Å². The van der Waals surface area contributed by atoms with Crippen molar-refractivity contribution in [2.24, 2.45) is 0 Å². The largest absolute Gasteiger partial charge is 0.347 e. The zero-order chi connectivity index (χ0) is 18.6. The molecule has 1 aromatic heterocycles. The van der Waals surface area contributed by atoms with Crippen molar-refractivity contribution in [1.82, 2.24) is 15.3 Å². The monoisotopic (exact) mass is 383 g/mol. The van der Waals surface area contributed by atoms with Crippen LogP contribution in [0.15, 0.2) is 48.5 Å². The number of halogens is 1. The summed E-state index contributed by atoms with van der Waals surface area (Å²) in [5, 5.41) is 3.68. The van der Waals surface area contributed by atoms with Gasteiger partial charge in [-0.25, -0.2) is 4.98 Å². The van der Waals surface area contributed by atoms with E-state index in [1.54, 1.807) is 0 Å². The minimum atomic E-state index is 0.0650. The second-order valence-electron chi connectivity index (χ2n) is 7.23. The Balaban J connectivity index is 1.34. The van der Waals surface area contributed by atoms with E-state index < -0.39 is 0 Å². The third-order valence-corrected chi connectivity index (χ3v) is 5.63. The predicted octanol–water partition coefficient (Wildman–Crippen LogP) is 2.29. The summed E-state index contributed by atoms with van der Waals surface area (Å²) in [6.07, 6.45) is 2.22. The average molecular weight is 384 g/mol. The summed E-state index contributed by atoms with van der Waals surface area (Å²) in [7, 11) is 0. The van der Waals surface area contributed by atoms with Crippen molar-refractivity contribution in [3.63, 3.8) is 0 Å². The first-order valence-electron chi connectivity index (χ1n) is 9.47. The van der Waals surface area contributed by atoms with E-state index in [4.69, 9.17) is 16.6 Å². The molecule has 3 N–H and O–H groups in total. The number of rotatable bonds is 5. The lowest BCUT2D eigenvalue weighted by Gasteiger charge is -2.28. The number of benzene rings is 2. The van der Waals surface area contributed by atoms with Gasteiger partial charge in [0, 0.05) is 11.6 Å². The number of fused-ring (bicyclic) bond motifs is 1. The molecule has 3 aromatic rings. The quantitative estimate of drug-likeness (QED) is 0.633. The summed E-state index contributed by atoms with van der Waals surface area (Å²) in [5.74, 6) is 1.48. The first-order valence-corrected chi connectivity index (χ1v) is 9.85. The fraction of sp³-hybridized carbons (Fsp3) is 0.333. The van der Waals surface area contributed by atoms with Crippen molar-refractivity contribution in [2.75, 3.05) is 19.6 Å². The van der Waals surface area contributed by atoms with E-state index >= 15 is 0 Å². The second kappa shape index (κ2) is 8.11. The normalized spacial score (nSPS) is 19.9. The molecular weight excluding hydrogens is 360 g/mol. The Morgan fingerprint density at radius 1 is 1.22 bits per heavy atom. The fourth-order valence-corrected chi connectivity index (χ4v) is 4.04. The van der Waals surface area contributed by atoms with Gasteiger partial charge in [-0.05, 0) is 36.6 Å². The molecule has 1 unspecified atom stereocenters. The molecule has 5 nitrogen and oxygen atoms in total. The van der Waals surface area contributed by atoms with Crippen molar-refractivity contribution in [3.05, 3.63) is 64.9 Å². The Morgan fingerprint density at radius 3 is 2.89 bits per heavy atom. The van der Waals surface area contributed by atoms with Gasteiger partial charge in [0.1, 0.15) is 5.82 Å². The van der Waals surface area contributed by atoms with Gasteiger partial charge in [-0.3, -0.25) is 4.79 Å². The molecule has 1 fully saturated rings. The van der Waals surface area contributed by atoms with Crippen LogP contribution in [0, 0.1) is 0 Å². The van der Waals surface area contributed by atoms with Gasteiger partial charge >= 0.3 is 0 Å². The van der Waals surface area contributed by atoms with Crippen molar-refractivity contribution >= 4 is 28.5 Å². The molecule has 2 heterocycles. The number of nitrogens with one attached hydrogen (secondary N) is 3. The average Bonchev–Trinajstić information content (AvgIpc) is 3.12. The van der Waals surface area contributed by atoms with Gasteiger partial charge in [0.05, 0.1) is 30.0 Å². The van der Waals surface area contributed by atoms with Gasteiger partial charge < -0.3 is 15.2 Å². The number of H-pyrrole nitrogens is 1. The van der Waals surface area contributed by atoms with Gasteiger partial charge in [0.25, 0.3) is 5.91 Å². The van der Waals surface area contributed by atoms with E-state index in [0.717, 1.165) is 48.4 Å². The summed E-state index contributed by atoms with van der Waals surface area (Å²) >= 11 is 6.15. The molecule has 1 aliphatic rings. The summed E-state index contributed by atoms with van der Waals surface area (Å²) in [5.41, 5.74) is 3.04. The predicted molar refractivity (Wildman–Crippen MR) is 107 cm³/mol. The van der Waals surface area contributed by atoms with Gasteiger partial charge in [0.2, 0.25) is 0 Å². The molecule has 0 aliphatic carbocycles. The summed E-state index contributed by atoms with van der Waals surface area (Å²) in [4.78, 5) is 21.9. The number of hydrogen-bond donors (Lipinski definition) is 3. The Kier molecular flexibility index (Phi) is 5.41. The van der Waals surface area contributed by atoms with E-state index in [1.807, 2.05) is 42.5 Å². The van der Waals surface area contributed by atoms with Crippen LogP contribution in [0.5, 0.6) is 0 Å². The van der Waals surface area contributed by atoms with Crippen LogP contribution < -0.4 is 10.2 Å². The smallest absolute Gasteiger partial charge is 0.275 e. The maximum absolute atomic E-state index is 12.4. The van der Waals surface area contributed by atoms with Crippen LogP contribution in [0.25, 0.3) is 11.0 Å². The summed E-state index contributed by atoms with van der Waals surface area (Å²) in [6.45, 7) is 2.91. The highest BCUT2D eigenvalue weighted by Gasteiger charge is 2.28. The van der Waals surface area contributed by atoms with Crippen LogP contribution in [0.4, 0.5) is 0 Å². The van der Waals surface area contributed by atoms with E-state index in [2.05, 4.69) is 16.4 Å².